The van der Waals surface area contributed by atoms with Crippen LogP contribution in [0.15, 0.2) is 72.8 Å². The number of alkyl halides is 3. The van der Waals surface area contributed by atoms with Gasteiger partial charge in [0.05, 0.1) is 19.9 Å². The average molecular weight is 641 g/mol. The number of aromatic nitrogens is 1. The number of nitrogen functional groups attached to an aromatic ring is 1. The molecule has 0 bridgehead atoms. The van der Waals surface area contributed by atoms with Gasteiger partial charge in [-0.05, 0) is 90.6 Å². The van der Waals surface area contributed by atoms with Gasteiger partial charge in [-0.2, -0.15) is 4.37 Å². The Balaban J connectivity index is 1.60. The van der Waals surface area contributed by atoms with Crippen LogP contribution in [0.4, 0.5) is 24.5 Å². The number of hydrogen-bond donors (Lipinski definition) is 2. The van der Waals surface area contributed by atoms with E-state index < -0.39 is 30.0 Å². The fourth-order valence-electron chi connectivity index (χ4n) is 5.26. The molecule has 236 valence electrons. The summed E-state index contributed by atoms with van der Waals surface area (Å²) in [4.78, 5) is 29.8. The number of nitrogens with two attached hydrogens (primary N) is 1. The molecule has 45 heavy (non-hydrogen) atoms. The van der Waals surface area contributed by atoms with Crippen molar-refractivity contribution in [1.82, 2.24) is 9.69 Å². The lowest BCUT2D eigenvalue weighted by Crippen LogP contribution is -2.46. The first-order valence-corrected chi connectivity index (χ1v) is 14.9. The molecular weight excluding hydrogens is 609 g/mol. The first kappa shape index (κ1) is 31.6. The molecule has 1 fully saturated rings. The number of amides is 2. The number of nitrogens with one attached hydrogen (secondary N) is 1. The molecule has 0 unspecified atom stereocenters. The van der Waals surface area contributed by atoms with Gasteiger partial charge in [0.2, 0.25) is 5.91 Å². The molecule has 0 aliphatic heterocycles. The third-order valence-corrected chi connectivity index (χ3v) is 8.34. The normalized spacial score (nSPS) is 14.1. The molecule has 1 aliphatic rings. The maximum atomic E-state index is 14.5. The fourth-order valence-corrected chi connectivity index (χ4v) is 6.02. The van der Waals surface area contributed by atoms with E-state index in [0.29, 0.717) is 28.3 Å². The Labute approximate surface area is 261 Å². The summed E-state index contributed by atoms with van der Waals surface area (Å²) in [5, 5.41) is 3.07. The van der Waals surface area contributed by atoms with Crippen LogP contribution in [0.25, 0.3) is 11.3 Å². The van der Waals surface area contributed by atoms with Crippen LogP contribution < -0.4 is 30.2 Å². The quantitative estimate of drug-likeness (QED) is 0.197. The minimum atomic E-state index is -4.90. The summed E-state index contributed by atoms with van der Waals surface area (Å²) in [6, 6.07) is 17.1. The molecule has 2 amide bonds. The van der Waals surface area contributed by atoms with Gasteiger partial charge in [-0.3, -0.25) is 14.5 Å². The second kappa shape index (κ2) is 13.5. The molecule has 3 aromatic carbocycles. The molecule has 1 heterocycles. The van der Waals surface area contributed by atoms with Crippen molar-refractivity contribution < 1.29 is 37.0 Å². The minimum absolute atomic E-state index is 0.0589. The number of anilines is 2. The number of halogens is 3. The zero-order chi connectivity index (χ0) is 32.1. The first-order valence-electron chi connectivity index (χ1n) is 14.1. The average Bonchev–Trinajstić information content (AvgIpc) is 3.69. The van der Waals surface area contributed by atoms with Crippen molar-refractivity contribution in [3.8, 4) is 28.5 Å². The van der Waals surface area contributed by atoms with Crippen LogP contribution in [0, 0.1) is 0 Å². The third-order valence-electron chi connectivity index (χ3n) is 7.49. The number of rotatable bonds is 10. The molecular formula is C32H31F3N4O5S. The van der Waals surface area contributed by atoms with Crippen molar-refractivity contribution in [2.45, 2.75) is 44.1 Å². The van der Waals surface area contributed by atoms with Crippen LogP contribution in [0.1, 0.15) is 47.0 Å². The highest BCUT2D eigenvalue weighted by molar-refractivity contribution is 7.09. The van der Waals surface area contributed by atoms with Crippen molar-refractivity contribution in [2.75, 3.05) is 24.9 Å². The minimum Gasteiger partial charge on any atom is -0.497 e. The van der Waals surface area contributed by atoms with Gasteiger partial charge in [0.15, 0.2) is 0 Å². The van der Waals surface area contributed by atoms with Gasteiger partial charge < -0.3 is 25.3 Å². The van der Waals surface area contributed by atoms with Gasteiger partial charge in [-0.15, -0.1) is 13.2 Å². The second-order valence-corrected chi connectivity index (χ2v) is 11.2. The maximum Gasteiger partial charge on any atom is 0.573 e. The zero-order valence-corrected chi connectivity index (χ0v) is 25.3. The summed E-state index contributed by atoms with van der Waals surface area (Å²) in [6.45, 7) is 0. The van der Waals surface area contributed by atoms with Crippen LogP contribution in [-0.2, 0) is 4.79 Å². The standard InChI is InChI=1S/C32H31F3N4O5S/c1-42-23-13-7-19(8-14-23)27-26(36)29(45-38-27)31(41)39(22-11-17-25(18-12-22)44-32(33,34)35)28(20-9-15-24(43-2)16-10-20)30(40)37-21-5-3-4-6-21/h7-18,21,28H,3-6,36H2,1-2H3,(H,37,40)/t28-/m1/s1. The van der Waals surface area contributed by atoms with E-state index in [0.717, 1.165) is 49.3 Å². The summed E-state index contributed by atoms with van der Waals surface area (Å²) in [7, 11) is 3.05. The Hall–Kier alpha value is -4.78. The molecule has 1 atom stereocenters. The first-order chi connectivity index (χ1) is 21.6. The molecule has 5 rings (SSSR count). The Morgan fingerprint density at radius 3 is 2.02 bits per heavy atom. The Morgan fingerprint density at radius 1 is 0.911 bits per heavy atom. The number of methoxy groups -OCH3 is 2. The van der Waals surface area contributed by atoms with Crippen LogP contribution in [0.2, 0.25) is 0 Å². The monoisotopic (exact) mass is 640 g/mol. The van der Waals surface area contributed by atoms with Crippen molar-refractivity contribution in [3.63, 3.8) is 0 Å². The maximum absolute atomic E-state index is 14.5. The van der Waals surface area contributed by atoms with E-state index in [1.54, 1.807) is 55.6 Å². The van der Waals surface area contributed by atoms with E-state index in [9.17, 15) is 22.8 Å². The van der Waals surface area contributed by atoms with Crippen LogP contribution in [0.3, 0.4) is 0 Å². The largest absolute Gasteiger partial charge is 0.573 e. The fraction of sp³-hybridized carbons (Fsp3) is 0.281. The molecule has 1 saturated carbocycles. The Kier molecular flexibility index (Phi) is 9.47. The highest BCUT2D eigenvalue weighted by Crippen LogP contribution is 2.38. The number of benzene rings is 3. The van der Waals surface area contributed by atoms with E-state index in [1.165, 1.54) is 24.1 Å². The predicted octanol–water partition coefficient (Wildman–Crippen LogP) is 6.76. The number of ether oxygens (including phenoxy) is 3. The smallest absolute Gasteiger partial charge is 0.497 e. The highest BCUT2D eigenvalue weighted by atomic mass is 32.1. The molecule has 0 spiro atoms. The van der Waals surface area contributed by atoms with Gasteiger partial charge in [0.25, 0.3) is 5.91 Å². The lowest BCUT2D eigenvalue weighted by Gasteiger charge is -2.32. The molecule has 0 radical (unpaired) electrons. The Morgan fingerprint density at radius 2 is 1.47 bits per heavy atom. The molecule has 1 aromatic heterocycles. The van der Waals surface area contributed by atoms with Crippen molar-refractivity contribution >= 4 is 34.7 Å². The van der Waals surface area contributed by atoms with Crippen molar-refractivity contribution in [1.29, 1.82) is 0 Å². The summed E-state index contributed by atoms with van der Waals surface area (Å²) < 4.78 is 57.7. The Bertz CT molecular complexity index is 1620. The lowest BCUT2D eigenvalue weighted by molar-refractivity contribution is -0.274. The van der Waals surface area contributed by atoms with E-state index in [2.05, 4.69) is 14.4 Å². The number of nitrogens with zero attached hydrogens (tertiary/aromatic N) is 2. The van der Waals surface area contributed by atoms with E-state index >= 15 is 0 Å². The molecule has 1 aliphatic carbocycles. The van der Waals surface area contributed by atoms with Gasteiger partial charge in [-0.25, -0.2) is 0 Å². The van der Waals surface area contributed by atoms with Gasteiger partial charge in [0, 0.05) is 17.3 Å². The third kappa shape index (κ3) is 7.31. The zero-order valence-electron chi connectivity index (χ0n) is 24.5. The summed E-state index contributed by atoms with van der Waals surface area (Å²) in [5.41, 5.74) is 8.23. The second-order valence-electron chi connectivity index (χ2n) is 10.4. The summed E-state index contributed by atoms with van der Waals surface area (Å²) in [5.74, 6) is -0.417. The van der Waals surface area contributed by atoms with E-state index in [4.69, 9.17) is 15.2 Å². The predicted molar refractivity (Wildman–Crippen MR) is 165 cm³/mol. The van der Waals surface area contributed by atoms with E-state index in [-0.39, 0.29) is 22.3 Å². The van der Waals surface area contributed by atoms with Gasteiger partial charge in [-0.1, -0.05) is 25.0 Å². The van der Waals surface area contributed by atoms with Gasteiger partial charge in [0.1, 0.15) is 33.9 Å². The molecule has 9 nitrogen and oxygen atoms in total. The number of carbonyl (C=O) groups excluding carboxylic acids is 2. The summed E-state index contributed by atoms with van der Waals surface area (Å²) >= 11 is 0.864. The summed E-state index contributed by atoms with van der Waals surface area (Å²) in [6.07, 6.45) is -1.38. The SMILES string of the molecule is COc1ccc(-c2nsc(C(=O)N(c3ccc(OC(F)(F)F)cc3)[C@@H](C(=O)NC3CCCC3)c3ccc(OC)cc3)c2N)cc1. The van der Waals surface area contributed by atoms with E-state index in [1.807, 2.05) is 0 Å². The van der Waals surface area contributed by atoms with Crippen molar-refractivity contribution in [2.24, 2.45) is 0 Å². The van der Waals surface area contributed by atoms with Crippen LogP contribution in [-0.4, -0.2) is 42.8 Å². The number of hydrogen-bond acceptors (Lipinski definition) is 8. The molecule has 0 saturated heterocycles. The lowest BCUT2D eigenvalue weighted by atomic mass is 10.0. The van der Waals surface area contributed by atoms with Crippen LogP contribution in [0.5, 0.6) is 17.2 Å². The van der Waals surface area contributed by atoms with Gasteiger partial charge >= 0.3 is 6.36 Å². The molecule has 13 heteroatoms. The molecule has 3 N–H and O–H groups in total. The highest BCUT2D eigenvalue weighted by Gasteiger charge is 2.37. The van der Waals surface area contributed by atoms with Crippen LogP contribution >= 0.6 is 11.5 Å². The van der Waals surface area contributed by atoms with Crippen molar-refractivity contribution in [3.05, 3.63) is 83.2 Å². The molecule has 4 aromatic rings. The topological polar surface area (TPSA) is 116 Å². The number of carbonyl (C=O) groups is 2.